The lowest BCUT2D eigenvalue weighted by Gasteiger charge is -2.22. The fourth-order valence-electron chi connectivity index (χ4n) is 3.39. The Hall–Kier alpha value is -3.17. The minimum atomic E-state index is -0.450. The van der Waals surface area contributed by atoms with E-state index in [9.17, 15) is 14.9 Å². The Morgan fingerprint density at radius 1 is 1.21 bits per heavy atom. The molecule has 1 amide bonds. The Morgan fingerprint density at radius 2 is 1.94 bits per heavy atom. The molecule has 0 saturated carbocycles. The van der Waals surface area contributed by atoms with Crippen molar-refractivity contribution in [1.82, 2.24) is 4.90 Å². The van der Waals surface area contributed by atoms with Gasteiger partial charge in [-0.1, -0.05) is 24.6 Å². The van der Waals surface area contributed by atoms with Crippen molar-refractivity contribution in [1.29, 1.82) is 0 Å². The first-order chi connectivity index (χ1) is 16.3. The van der Waals surface area contributed by atoms with E-state index in [4.69, 9.17) is 9.41 Å². The van der Waals surface area contributed by atoms with Crippen LogP contribution in [0.5, 0.6) is 0 Å². The number of aliphatic imine (C=N–C) groups is 1. The number of nitro groups is 1. The average molecular weight is 540 g/mol. The van der Waals surface area contributed by atoms with Crippen LogP contribution in [0.25, 0.3) is 17.4 Å². The summed E-state index contributed by atoms with van der Waals surface area (Å²) in [7, 11) is 0. The number of carbonyl (C=O) groups excluding carboxylic acids is 1. The van der Waals surface area contributed by atoms with Crippen molar-refractivity contribution >= 4 is 56.2 Å². The fraction of sp³-hybridized carbons (Fsp3) is 0.200. The van der Waals surface area contributed by atoms with E-state index in [1.807, 2.05) is 45.0 Å². The minimum absolute atomic E-state index is 0.00155. The second kappa shape index (κ2) is 9.99. The lowest BCUT2D eigenvalue weighted by molar-refractivity contribution is -0.384. The van der Waals surface area contributed by atoms with E-state index in [1.165, 1.54) is 23.9 Å². The number of hydrogen-bond donors (Lipinski definition) is 0. The first-order valence-electron chi connectivity index (χ1n) is 10.7. The van der Waals surface area contributed by atoms with Gasteiger partial charge >= 0.3 is 0 Å². The van der Waals surface area contributed by atoms with E-state index >= 15 is 0 Å². The molecule has 0 aliphatic carbocycles. The molecule has 0 spiro atoms. The molecular weight excluding hydrogens is 518 g/mol. The maximum Gasteiger partial charge on any atom is 0.270 e. The maximum absolute atomic E-state index is 13.2. The highest BCUT2D eigenvalue weighted by Crippen LogP contribution is 2.37. The third-order valence-corrected chi connectivity index (χ3v) is 7.10. The normalized spacial score (nSPS) is 17.1. The lowest BCUT2D eigenvalue weighted by atomic mass is 10.1. The summed E-state index contributed by atoms with van der Waals surface area (Å²) < 4.78 is 6.50. The molecule has 4 rings (SSSR count). The number of nitro benzene ring substituents is 1. The monoisotopic (exact) mass is 539 g/mol. The molecule has 1 aliphatic rings. The first-order valence-corrected chi connectivity index (χ1v) is 12.3. The third-order valence-electron chi connectivity index (χ3n) is 5.46. The number of amides is 1. The molecule has 7 nitrogen and oxygen atoms in total. The van der Waals surface area contributed by atoms with Gasteiger partial charge in [-0.05, 0) is 78.3 Å². The van der Waals surface area contributed by atoms with Crippen molar-refractivity contribution < 1.29 is 14.1 Å². The molecule has 0 radical (unpaired) electrons. The van der Waals surface area contributed by atoms with Crippen molar-refractivity contribution in [2.45, 2.75) is 33.2 Å². The minimum Gasteiger partial charge on any atom is -0.457 e. The zero-order valence-electron chi connectivity index (χ0n) is 18.8. The third kappa shape index (κ3) is 5.00. The van der Waals surface area contributed by atoms with E-state index in [0.717, 1.165) is 17.7 Å². The number of halogens is 1. The zero-order valence-corrected chi connectivity index (χ0v) is 21.2. The fourth-order valence-corrected chi connectivity index (χ4v) is 5.02. The van der Waals surface area contributed by atoms with Gasteiger partial charge in [-0.3, -0.25) is 19.8 Å². The quantitative estimate of drug-likeness (QED) is 0.186. The molecule has 9 heteroatoms. The molecule has 1 fully saturated rings. The summed E-state index contributed by atoms with van der Waals surface area (Å²) in [4.78, 5) is 30.8. The van der Waals surface area contributed by atoms with Gasteiger partial charge in [0.1, 0.15) is 11.5 Å². The van der Waals surface area contributed by atoms with Gasteiger partial charge in [0, 0.05) is 34.3 Å². The van der Waals surface area contributed by atoms with Gasteiger partial charge in [-0.2, -0.15) is 0 Å². The van der Waals surface area contributed by atoms with Crippen molar-refractivity contribution in [2.24, 2.45) is 4.99 Å². The number of benzene rings is 2. The van der Waals surface area contributed by atoms with Crippen LogP contribution in [0.2, 0.25) is 0 Å². The first kappa shape index (κ1) is 24.0. The van der Waals surface area contributed by atoms with Gasteiger partial charge in [-0.15, -0.1) is 0 Å². The van der Waals surface area contributed by atoms with Gasteiger partial charge in [0.05, 0.1) is 15.5 Å². The van der Waals surface area contributed by atoms with Gasteiger partial charge in [0.15, 0.2) is 5.17 Å². The highest BCUT2D eigenvalue weighted by Gasteiger charge is 2.36. The Kier molecular flexibility index (Phi) is 7.04. The molecule has 2 heterocycles. The second-order valence-electron chi connectivity index (χ2n) is 7.90. The number of nitrogens with zero attached hydrogens (tertiary/aromatic N) is 3. The van der Waals surface area contributed by atoms with Crippen LogP contribution in [-0.2, 0) is 4.79 Å². The average Bonchev–Trinajstić information content (AvgIpc) is 3.39. The van der Waals surface area contributed by atoms with Gasteiger partial charge in [0.25, 0.3) is 11.6 Å². The summed E-state index contributed by atoms with van der Waals surface area (Å²) in [6.07, 6.45) is 2.51. The Morgan fingerprint density at radius 3 is 2.59 bits per heavy atom. The van der Waals surface area contributed by atoms with Crippen LogP contribution in [0.3, 0.4) is 0 Å². The van der Waals surface area contributed by atoms with Crippen LogP contribution in [-0.4, -0.2) is 26.9 Å². The standard InChI is InChI=1S/C25H22BrN3O4S/c1-4-16(3)28-24(30)23(34-25(28)27-17-7-5-15(2)6-8-17)14-19-10-12-22(33-19)20-11-9-18(29(31)32)13-21(20)26/h5-14,16H,4H2,1-3H3/b23-14+,27-25?/t16-/m1/s1. The molecule has 1 saturated heterocycles. The summed E-state index contributed by atoms with van der Waals surface area (Å²) in [5, 5.41) is 11.6. The number of rotatable bonds is 6. The van der Waals surface area contributed by atoms with Crippen LogP contribution in [0.15, 0.2) is 73.4 Å². The van der Waals surface area contributed by atoms with Crippen LogP contribution in [0, 0.1) is 17.0 Å². The number of furan rings is 1. The number of non-ortho nitro benzene ring substituents is 1. The number of aryl methyl sites for hydroxylation is 1. The summed E-state index contributed by atoms with van der Waals surface area (Å²) in [6, 6.07) is 15.9. The van der Waals surface area contributed by atoms with E-state index in [-0.39, 0.29) is 17.6 Å². The van der Waals surface area contributed by atoms with E-state index in [1.54, 1.807) is 29.2 Å². The molecule has 2 aromatic carbocycles. The van der Waals surface area contributed by atoms with Crippen LogP contribution in [0.1, 0.15) is 31.6 Å². The summed E-state index contributed by atoms with van der Waals surface area (Å²) in [5.41, 5.74) is 2.61. The van der Waals surface area contributed by atoms with Crippen molar-refractivity contribution in [3.63, 3.8) is 0 Å². The van der Waals surface area contributed by atoms with Crippen molar-refractivity contribution in [3.05, 3.63) is 85.4 Å². The molecule has 1 atom stereocenters. The predicted molar refractivity (Wildman–Crippen MR) is 139 cm³/mol. The number of thioether (sulfide) groups is 1. The molecule has 34 heavy (non-hydrogen) atoms. The van der Waals surface area contributed by atoms with Crippen LogP contribution >= 0.6 is 27.7 Å². The largest absolute Gasteiger partial charge is 0.457 e. The van der Waals surface area contributed by atoms with E-state index in [2.05, 4.69) is 15.9 Å². The van der Waals surface area contributed by atoms with E-state index < -0.39 is 4.92 Å². The van der Waals surface area contributed by atoms with Gasteiger partial charge in [0.2, 0.25) is 0 Å². The topological polar surface area (TPSA) is 89.0 Å². The maximum atomic E-state index is 13.2. The molecule has 3 aromatic rings. The molecule has 1 aromatic heterocycles. The van der Waals surface area contributed by atoms with Crippen LogP contribution < -0.4 is 0 Å². The lowest BCUT2D eigenvalue weighted by Crippen LogP contribution is -2.36. The summed E-state index contributed by atoms with van der Waals surface area (Å²) in [5.74, 6) is 0.938. The molecule has 0 unspecified atom stereocenters. The van der Waals surface area contributed by atoms with Crippen molar-refractivity contribution in [2.75, 3.05) is 0 Å². The van der Waals surface area contributed by atoms with Crippen molar-refractivity contribution in [3.8, 4) is 11.3 Å². The smallest absolute Gasteiger partial charge is 0.270 e. The molecule has 174 valence electrons. The molecular formula is C25H22BrN3O4S. The second-order valence-corrected chi connectivity index (χ2v) is 9.76. The molecule has 0 N–H and O–H groups in total. The SMILES string of the molecule is CC[C@@H](C)N1C(=O)/C(=C\c2ccc(-c3ccc([N+](=O)[O-])cc3Br)o2)SC1=Nc1ccc(C)cc1. The van der Waals surface area contributed by atoms with Gasteiger partial charge in [-0.25, -0.2) is 4.99 Å². The number of amidine groups is 1. The summed E-state index contributed by atoms with van der Waals surface area (Å²) >= 11 is 4.70. The number of hydrogen-bond acceptors (Lipinski definition) is 6. The van der Waals surface area contributed by atoms with E-state index in [0.29, 0.717) is 31.6 Å². The zero-order chi connectivity index (χ0) is 24.4. The Balaban J connectivity index is 1.64. The predicted octanol–water partition coefficient (Wildman–Crippen LogP) is 7.33. The highest BCUT2D eigenvalue weighted by molar-refractivity contribution is 9.10. The number of carbonyl (C=O) groups is 1. The summed E-state index contributed by atoms with van der Waals surface area (Å²) in [6.45, 7) is 6.06. The van der Waals surface area contributed by atoms with Gasteiger partial charge < -0.3 is 4.42 Å². The Labute approximate surface area is 209 Å². The highest BCUT2D eigenvalue weighted by atomic mass is 79.9. The van der Waals surface area contributed by atoms with Crippen LogP contribution in [0.4, 0.5) is 11.4 Å². The molecule has 0 bridgehead atoms. The Bertz CT molecular complexity index is 1310. The molecule has 1 aliphatic heterocycles.